The first kappa shape index (κ1) is 65.8. The maximum absolute atomic E-state index is 10.4. The number of aromatic amines is 7. The van der Waals surface area contributed by atoms with Gasteiger partial charge < -0.3 is 75.4 Å². The molecule has 0 spiro atoms. The molecule has 432 valence electrons. The van der Waals surface area contributed by atoms with Crippen molar-refractivity contribution in [3.8, 4) is 0 Å². The van der Waals surface area contributed by atoms with Gasteiger partial charge in [-0.2, -0.15) is 0 Å². The van der Waals surface area contributed by atoms with Crippen molar-refractivity contribution >= 4 is 120 Å². The molecule has 42 nitrogen and oxygen atoms in total. The summed E-state index contributed by atoms with van der Waals surface area (Å²) < 4.78 is 0. The van der Waals surface area contributed by atoms with Gasteiger partial charge in [0, 0.05) is 38.8 Å². The van der Waals surface area contributed by atoms with Gasteiger partial charge >= 0.3 is 54.7 Å². The Bertz CT molecular complexity index is 3900. The van der Waals surface area contributed by atoms with Crippen LogP contribution in [0, 0.1) is 0 Å². The Kier molecular flexibility index (Phi) is 22.9. The van der Waals surface area contributed by atoms with E-state index in [1.165, 1.54) is 87.7 Å². The number of hydrogen-bond donors (Lipinski definition) is 13. The standard InChI is InChI=1S/7C6H4N4O2.Fe.Li.Ti/c7*11-6(12)5-7-1-3-4(10-5)9-2-8-3;;;/h7*1-2H,(H,11,12)(H,7,8,9,10);;;/q;;;;;;;;+1;/p-1. The van der Waals surface area contributed by atoms with Crippen LogP contribution in [0.1, 0.15) is 74.3 Å². The van der Waals surface area contributed by atoms with Crippen LogP contribution < -0.4 is 24.0 Å². The molecule has 0 saturated carbocycles. The largest absolute Gasteiger partial charge is 1.00 e. The predicted octanol–water partition coefficient (Wildman–Crippen LogP) is -3.98. The maximum atomic E-state index is 10.4. The summed E-state index contributed by atoms with van der Waals surface area (Å²) in [5, 5.41) is 61.4. The molecule has 0 fully saturated rings. The summed E-state index contributed by atoms with van der Waals surface area (Å²) in [5.74, 6) is -10.1. The summed E-state index contributed by atoms with van der Waals surface area (Å²) in [7, 11) is 0. The first-order valence-electron chi connectivity index (χ1n) is 22.1. The number of imidazole rings is 7. The SMILES string of the molecule is O=C(O)c1ncc2[nH]cnc2n1.O=C(O)c1ncc2[nH]cnc2n1.O=C(O)c1ncc2[nH]cnc2n1.O=C(O)c1ncc2[nH]cnc2n1.O=C(O)c1ncc2[nH]cnc2n1.O=C(O)c1ncc2[nH]cnc2n1.O=C([O-])c1ncc2[nH]cnc2n1.[Fe].[Li+].[Ti]. The fourth-order valence-corrected chi connectivity index (χ4v) is 5.87. The molecule has 0 bridgehead atoms. The van der Waals surface area contributed by atoms with Crippen LogP contribution in [-0.2, 0) is 38.8 Å². The summed E-state index contributed by atoms with van der Waals surface area (Å²) in [6.45, 7) is 0. The number of nitrogens with zero attached hydrogens (tertiary/aromatic N) is 21. The molecule has 14 aromatic rings. The van der Waals surface area contributed by atoms with E-state index in [-0.39, 0.29) is 98.4 Å². The maximum Gasteiger partial charge on any atom is 1.00 e. The third-order valence-corrected chi connectivity index (χ3v) is 9.56. The molecule has 87 heavy (non-hydrogen) atoms. The minimum atomic E-state index is -1.40. The molecule has 0 radical (unpaired) electrons. The quantitative estimate of drug-likeness (QED) is 0.0677. The number of rotatable bonds is 7. The summed E-state index contributed by atoms with van der Waals surface area (Å²) in [5.41, 5.74) is 6.85. The first-order chi connectivity index (χ1) is 40.4. The van der Waals surface area contributed by atoms with E-state index in [9.17, 15) is 38.7 Å². The van der Waals surface area contributed by atoms with Crippen molar-refractivity contribution in [2.45, 2.75) is 0 Å². The number of carbonyl (C=O) groups is 7. The van der Waals surface area contributed by atoms with Crippen molar-refractivity contribution in [3.63, 3.8) is 0 Å². The van der Waals surface area contributed by atoms with Crippen molar-refractivity contribution in [2.24, 2.45) is 0 Å². The van der Waals surface area contributed by atoms with Crippen molar-refractivity contribution in [1.82, 2.24) is 140 Å². The van der Waals surface area contributed by atoms with Gasteiger partial charge in [-0.3, -0.25) is 0 Å². The molecule has 14 heterocycles. The van der Waals surface area contributed by atoms with Crippen LogP contribution in [0.25, 0.3) is 78.1 Å². The number of hydrogen-bond acceptors (Lipinski definition) is 29. The van der Waals surface area contributed by atoms with Crippen molar-refractivity contribution < 1.29 is 127 Å². The van der Waals surface area contributed by atoms with E-state index >= 15 is 0 Å². The normalized spacial score (nSPS) is 9.98. The van der Waals surface area contributed by atoms with Crippen LogP contribution in [-0.4, -0.2) is 212 Å². The van der Waals surface area contributed by atoms with Gasteiger partial charge in [-0.1, -0.05) is 0 Å². The van der Waals surface area contributed by atoms with E-state index < -0.39 is 41.8 Å². The zero-order valence-corrected chi connectivity index (χ0v) is 45.4. The topological polar surface area (TPSA) is 645 Å². The number of nitrogens with one attached hydrogen (secondary N) is 7. The van der Waals surface area contributed by atoms with Gasteiger partial charge in [-0.15, -0.1) is 0 Å². The van der Waals surface area contributed by atoms with E-state index in [0.29, 0.717) is 78.1 Å². The van der Waals surface area contributed by atoms with E-state index in [1.54, 1.807) is 0 Å². The molecule has 0 aliphatic heterocycles. The van der Waals surface area contributed by atoms with E-state index in [0.717, 1.165) is 0 Å². The monoisotopic (exact) mass is 1260 g/mol. The van der Waals surface area contributed by atoms with E-state index in [1.807, 2.05) is 0 Å². The molecule has 0 amide bonds. The number of carbonyl (C=O) groups excluding carboxylic acids is 1. The fourth-order valence-electron chi connectivity index (χ4n) is 5.87. The Morgan fingerprint density at radius 1 is 0.276 bits per heavy atom. The third-order valence-electron chi connectivity index (χ3n) is 9.56. The molecule has 14 aromatic heterocycles. The summed E-state index contributed by atoms with van der Waals surface area (Å²) in [6, 6.07) is 0. The van der Waals surface area contributed by atoms with Crippen molar-refractivity contribution in [2.75, 3.05) is 0 Å². The molecular weight excluding hydrogens is 1230 g/mol. The average molecular weight is 1260 g/mol. The molecule has 0 atom stereocenters. The molecule has 0 aromatic carbocycles. The fraction of sp³-hybridized carbons (Fsp3) is 0. The number of H-pyrrole nitrogens is 7. The number of fused-ring (bicyclic) bond motifs is 7. The number of aromatic carboxylic acids is 7. The number of aromatic nitrogens is 28. The van der Waals surface area contributed by atoms with Crippen LogP contribution in [0.15, 0.2) is 87.7 Å². The molecule has 13 N–H and O–H groups in total. The Labute approximate surface area is 512 Å². The van der Waals surface area contributed by atoms with E-state index in [2.05, 4.69) is 140 Å². The molecule has 14 rings (SSSR count). The number of carboxylic acids is 7. The third kappa shape index (κ3) is 17.3. The molecule has 0 saturated heterocycles. The zero-order valence-electron chi connectivity index (χ0n) is 42.8. The van der Waals surface area contributed by atoms with Gasteiger partial charge in [0.1, 0.15) is 44.6 Å². The van der Waals surface area contributed by atoms with E-state index in [4.69, 9.17) is 30.6 Å². The molecule has 0 aliphatic rings. The van der Waals surface area contributed by atoms with Crippen molar-refractivity contribution in [3.05, 3.63) is 128 Å². The van der Waals surface area contributed by atoms with Crippen molar-refractivity contribution in [1.29, 1.82) is 0 Å². The van der Waals surface area contributed by atoms with Gasteiger partial charge in [0.15, 0.2) is 45.4 Å². The average Bonchev–Trinajstić information content (AvgIpc) is 4.59. The second-order valence-electron chi connectivity index (χ2n) is 15.0. The predicted molar refractivity (Wildman–Crippen MR) is 268 cm³/mol. The summed E-state index contributed by atoms with van der Waals surface area (Å²) >= 11 is 0. The Morgan fingerprint density at radius 3 is 0.552 bits per heavy atom. The van der Waals surface area contributed by atoms with Crippen LogP contribution in [0.5, 0.6) is 0 Å². The summed E-state index contributed by atoms with van der Waals surface area (Å²) in [6.07, 6.45) is 19.7. The Balaban J connectivity index is 0.000000184. The molecule has 45 heteroatoms. The minimum Gasteiger partial charge on any atom is -0.542 e. The smallest absolute Gasteiger partial charge is 0.542 e. The Hall–Kier alpha value is -12.0. The van der Waals surface area contributed by atoms with Gasteiger partial charge in [-0.05, 0) is 0 Å². The first-order valence-corrected chi connectivity index (χ1v) is 22.1. The number of carboxylic acid groups (broad SMARTS) is 7. The van der Waals surface area contributed by atoms with Gasteiger partial charge in [0.2, 0.25) is 34.9 Å². The minimum absolute atomic E-state index is 0. The second kappa shape index (κ2) is 30.3. The van der Waals surface area contributed by atoms with Gasteiger partial charge in [0.05, 0.1) is 87.7 Å². The van der Waals surface area contributed by atoms with Crippen LogP contribution in [0.4, 0.5) is 0 Å². The van der Waals surface area contributed by atoms with Gasteiger partial charge in [0.25, 0.3) is 0 Å². The van der Waals surface area contributed by atoms with Crippen LogP contribution in [0.2, 0.25) is 0 Å². The molecule has 0 aliphatic carbocycles. The summed E-state index contributed by atoms with van der Waals surface area (Å²) in [4.78, 5) is 169. The van der Waals surface area contributed by atoms with Gasteiger partial charge in [-0.25, -0.2) is 133 Å². The Morgan fingerprint density at radius 2 is 0.414 bits per heavy atom. The molecular formula is C42H27FeLiN28O14Ti. The van der Waals surface area contributed by atoms with Crippen LogP contribution >= 0.6 is 0 Å². The second-order valence-corrected chi connectivity index (χ2v) is 15.0. The van der Waals surface area contributed by atoms with Crippen LogP contribution in [0.3, 0.4) is 0 Å². The zero-order chi connectivity index (χ0) is 59.9. The molecule has 0 unspecified atom stereocenters.